The molecule has 0 N–H and O–H groups in total. The van der Waals surface area contributed by atoms with Crippen LogP contribution >= 0.6 is 11.3 Å². The van der Waals surface area contributed by atoms with Crippen LogP contribution in [0.3, 0.4) is 0 Å². The first-order chi connectivity index (χ1) is 8.20. The summed E-state index contributed by atoms with van der Waals surface area (Å²) in [5, 5.41) is 0.828. The van der Waals surface area contributed by atoms with E-state index in [1.165, 1.54) is 23.5 Å². The monoisotopic (exact) mass is 250 g/mol. The van der Waals surface area contributed by atoms with Gasteiger partial charge in [0.25, 0.3) is 0 Å². The summed E-state index contributed by atoms with van der Waals surface area (Å²) >= 11 is 1.46. The molecule has 0 unspecified atom stereocenters. The van der Waals surface area contributed by atoms with E-state index in [-0.39, 0.29) is 11.6 Å². The third-order valence-electron chi connectivity index (χ3n) is 2.76. The van der Waals surface area contributed by atoms with Gasteiger partial charge in [-0.05, 0) is 36.1 Å². The van der Waals surface area contributed by atoms with Crippen LogP contribution < -0.4 is 0 Å². The molecule has 0 fully saturated rings. The zero-order chi connectivity index (χ0) is 12.3. The van der Waals surface area contributed by atoms with Gasteiger partial charge in [0.15, 0.2) is 5.78 Å². The van der Waals surface area contributed by atoms with Gasteiger partial charge in [0, 0.05) is 11.1 Å². The lowest BCUT2D eigenvalue weighted by Gasteiger charge is -1.95. The molecule has 2 aromatic rings. The minimum absolute atomic E-state index is 0.181. The second kappa shape index (κ2) is 5.41. The number of unbranched alkanes of at least 4 members (excludes halogenated alkanes) is 2. The quantitative estimate of drug-likeness (QED) is 0.550. The van der Waals surface area contributed by atoms with Gasteiger partial charge in [-0.2, -0.15) is 0 Å². The Morgan fingerprint density at radius 3 is 2.88 bits per heavy atom. The van der Waals surface area contributed by atoms with Gasteiger partial charge in [-0.1, -0.05) is 19.8 Å². The Morgan fingerprint density at radius 1 is 1.29 bits per heavy atom. The molecule has 0 radical (unpaired) electrons. The van der Waals surface area contributed by atoms with Gasteiger partial charge in [0.2, 0.25) is 0 Å². The van der Waals surface area contributed by atoms with Crippen LogP contribution in [0.5, 0.6) is 0 Å². The van der Waals surface area contributed by atoms with E-state index in [2.05, 4.69) is 6.92 Å². The molecule has 1 nitrogen and oxygen atoms in total. The fraction of sp³-hybridized carbons (Fsp3) is 0.357. The number of carbonyl (C=O) groups excluding carboxylic acids is 1. The van der Waals surface area contributed by atoms with Crippen molar-refractivity contribution >= 4 is 27.2 Å². The van der Waals surface area contributed by atoms with Crippen molar-refractivity contribution in [2.75, 3.05) is 0 Å². The molecule has 17 heavy (non-hydrogen) atoms. The third kappa shape index (κ3) is 2.91. The summed E-state index contributed by atoms with van der Waals surface area (Å²) in [4.78, 5) is 12.6. The summed E-state index contributed by atoms with van der Waals surface area (Å²) in [5.41, 5.74) is 0. The molecule has 3 heteroatoms. The van der Waals surface area contributed by atoms with Crippen LogP contribution in [0, 0.1) is 5.82 Å². The van der Waals surface area contributed by atoms with E-state index in [1.807, 2.05) is 0 Å². The van der Waals surface area contributed by atoms with Crippen molar-refractivity contribution < 1.29 is 9.18 Å². The molecule has 0 amide bonds. The number of carbonyl (C=O) groups is 1. The molecule has 0 atom stereocenters. The topological polar surface area (TPSA) is 17.1 Å². The van der Waals surface area contributed by atoms with Crippen molar-refractivity contribution in [1.29, 1.82) is 0 Å². The third-order valence-corrected chi connectivity index (χ3v) is 3.92. The van der Waals surface area contributed by atoms with E-state index >= 15 is 0 Å². The van der Waals surface area contributed by atoms with Gasteiger partial charge in [0.05, 0.1) is 4.88 Å². The Hall–Kier alpha value is -1.22. The highest BCUT2D eigenvalue weighted by atomic mass is 32.1. The van der Waals surface area contributed by atoms with Gasteiger partial charge in [-0.3, -0.25) is 4.79 Å². The molecule has 0 bridgehead atoms. The first-order valence-electron chi connectivity index (χ1n) is 5.93. The first kappa shape index (κ1) is 12.2. The number of fused-ring (bicyclic) bond motifs is 1. The highest BCUT2D eigenvalue weighted by molar-refractivity contribution is 7.20. The highest BCUT2D eigenvalue weighted by Crippen LogP contribution is 2.27. The molecular formula is C14H15FOS. The second-order valence-electron chi connectivity index (χ2n) is 4.17. The number of hydrogen-bond acceptors (Lipinski definition) is 2. The van der Waals surface area contributed by atoms with E-state index in [4.69, 9.17) is 0 Å². The molecule has 1 aromatic heterocycles. The number of benzene rings is 1. The SMILES string of the molecule is CCCCCC(=O)c1cc2cc(F)ccc2s1. The lowest BCUT2D eigenvalue weighted by Crippen LogP contribution is -1.94. The minimum atomic E-state index is -0.250. The van der Waals surface area contributed by atoms with Gasteiger partial charge in [0.1, 0.15) is 5.82 Å². The predicted octanol–water partition coefficient (Wildman–Crippen LogP) is 4.80. The Balaban J connectivity index is 2.15. The molecule has 0 saturated carbocycles. The van der Waals surface area contributed by atoms with E-state index in [0.717, 1.165) is 34.2 Å². The summed E-state index contributed by atoms with van der Waals surface area (Å²) in [6.07, 6.45) is 3.75. The van der Waals surface area contributed by atoms with Crippen LogP contribution in [0.2, 0.25) is 0 Å². The Morgan fingerprint density at radius 2 is 2.12 bits per heavy atom. The number of halogens is 1. The molecule has 90 valence electrons. The summed E-state index contributed by atoms with van der Waals surface area (Å²) in [6.45, 7) is 2.12. The molecule has 0 aliphatic carbocycles. The maximum absolute atomic E-state index is 13.0. The number of hydrogen-bond donors (Lipinski definition) is 0. The number of thiophene rings is 1. The zero-order valence-electron chi connectivity index (χ0n) is 9.83. The van der Waals surface area contributed by atoms with Gasteiger partial charge < -0.3 is 0 Å². The van der Waals surface area contributed by atoms with Crippen molar-refractivity contribution in [3.63, 3.8) is 0 Å². The van der Waals surface area contributed by atoms with Crippen LogP contribution in [0.4, 0.5) is 4.39 Å². The lowest BCUT2D eigenvalue weighted by molar-refractivity contribution is 0.0983. The van der Waals surface area contributed by atoms with E-state index in [0.29, 0.717) is 6.42 Å². The Bertz CT molecular complexity index is 530. The normalized spacial score (nSPS) is 10.9. The maximum Gasteiger partial charge on any atom is 0.172 e. The molecule has 0 saturated heterocycles. The molecule has 1 heterocycles. The molecule has 0 aliphatic rings. The summed E-state index contributed by atoms with van der Waals surface area (Å²) in [7, 11) is 0. The van der Waals surface area contributed by atoms with Gasteiger partial charge in [-0.15, -0.1) is 11.3 Å². The second-order valence-corrected chi connectivity index (χ2v) is 5.26. The van der Waals surface area contributed by atoms with Crippen LogP contribution in [-0.4, -0.2) is 5.78 Å². The molecule has 0 aliphatic heterocycles. The minimum Gasteiger partial charge on any atom is -0.293 e. The zero-order valence-corrected chi connectivity index (χ0v) is 10.6. The number of rotatable bonds is 5. The van der Waals surface area contributed by atoms with Crippen LogP contribution in [0.1, 0.15) is 42.3 Å². The summed E-state index contributed by atoms with van der Waals surface area (Å²) < 4.78 is 14.0. The highest BCUT2D eigenvalue weighted by Gasteiger charge is 2.10. The van der Waals surface area contributed by atoms with Gasteiger partial charge in [-0.25, -0.2) is 4.39 Å². The summed E-state index contributed by atoms with van der Waals surface area (Å²) in [5.74, 6) is -0.0691. The molecule has 0 spiro atoms. The van der Waals surface area contributed by atoms with Crippen LogP contribution in [0.25, 0.3) is 10.1 Å². The standard InChI is InChI=1S/C14H15FOS/c1-2-3-4-5-12(16)14-9-10-8-11(15)6-7-13(10)17-14/h6-9H,2-5H2,1H3. The summed E-state index contributed by atoms with van der Waals surface area (Å²) in [6, 6.07) is 6.45. The Kier molecular flexibility index (Phi) is 3.89. The largest absolute Gasteiger partial charge is 0.293 e. The van der Waals surface area contributed by atoms with Crippen molar-refractivity contribution in [2.45, 2.75) is 32.6 Å². The average molecular weight is 250 g/mol. The fourth-order valence-electron chi connectivity index (χ4n) is 1.81. The van der Waals surface area contributed by atoms with Crippen LogP contribution in [-0.2, 0) is 0 Å². The lowest BCUT2D eigenvalue weighted by atomic mass is 10.1. The van der Waals surface area contributed by atoms with Crippen LogP contribution in [0.15, 0.2) is 24.3 Å². The number of ketones is 1. The first-order valence-corrected chi connectivity index (χ1v) is 6.74. The molecular weight excluding hydrogens is 235 g/mol. The maximum atomic E-state index is 13.0. The number of Topliss-reactive ketones (excluding diaryl/α,β-unsaturated/α-hetero) is 1. The van der Waals surface area contributed by atoms with E-state index < -0.39 is 0 Å². The Labute approximate surface area is 104 Å². The predicted molar refractivity (Wildman–Crippen MR) is 70.3 cm³/mol. The van der Waals surface area contributed by atoms with Crippen molar-refractivity contribution in [3.8, 4) is 0 Å². The van der Waals surface area contributed by atoms with Gasteiger partial charge >= 0.3 is 0 Å². The average Bonchev–Trinajstić information content (AvgIpc) is 2.72. The van der Waals surface area contributed by atoms with E-state index in [1.54, 1.807) is 12.1 Å². The molecule has 1 aromatic carbocycles. The van der Waals surface area contributed by atoms with E-state index in [9.17, 15) is 9.18 Å². The van der Waals surface area contributed by atoms with Crippen molar-refractivity contribution in [2.24, 2.45) is 0 Å². The fourth-order valence-corrected chi connectivity index (χ4v) is 2.82. The smallest absolute Gasteiger partial charge is 0.172 e. The van der Waals surface area contributed by atoms with Crippen molar-refractivity contribution in [3.05, 3.63) is 35.0 Å². The van der Waals surface area contributed by atoms with Crippen molar-refractivity contribution in [1.82, 2.24) is 0 Å². The molecule has 2 rings (SSSR count).